The van der Waals surface area contributed by atoms with E-state index in [1.54, 1.807) is 31.1 Å². The average molecular weight is 550 g/mol. The molecule has 1 aliphatic rings. The van der Waals surface area contributed by atoms with E-state index < -0.39 is 12.1 Å². The van der Waals surface area contributed by atoms with Crippen LogP contribution in [-0.4, -0.2) is 74.9 Å². The SMILES string of the molecule is COc1cc(OC)c(Cl)c(Sc2nc3c(N)ncnc3n2CC2CCCN(C(=O)[C@H](C)NC(=O)O)C2)c1. The van der Waals surface area contributed by atoms with Crippen LogP contribution in [0, 0.1) is 5.92 Å². The van der Waals surface area contributed by atoms with Gasteiger partial charge in [0.25, 0.3) is 0 Å². The molecule has 0 spiro atoms. The number of nitrogens with two attached hydrogens (primary N) is 1. The van der Waals surface area contributed by atoms with Crippen molar-refractivity contribution < 1.29 is 24.2 Å². The van der Waals surface area contributed by atoms with Crippen LogP contribution in [0.1, 0.15) is 19.8 Å². The molecule has 1 saturated heterocycles. The molecule has 1 aromatic carbocycles. The van der Waals surface area contributed by atoms with Crippen LogP contribution in [0.5, 0.6) is 11.5 Å². The van der Waals surface area contributed by atoms with Gasteiger partial charge in [-0.2, -0.15) is 0 Å². The van der Waals surface area contributed by atoms with Crippen molar-refractivity contribution in [1.82, 2.24) is 29.7 Å². The Morgan fingerprint density at radius 1 is 1.32 bits per heavy atom. The van der Waals surface area contributed by atoms with Gasteiger partial charge in [0.15, 0.2) is 22.1 Å². The summed E-state index contributed by atoms with van der Waals surface area (Å²) in [5.41, 5.74) is 7.16. The monoisotopic (exact) mass is 549 g/mol. The number of nitrogens with one attached hydrogen (secondary N) is 1. The van der Waals surface area contributed by atoms with E-state index in [0.29, 0.717) is 57.4 Å². The Morgan fingerprint density at radius 3 is 2.81 bits per heavy atom. The number of carboxylic acid groups (broad SMARTS) is 1. The van der Waals surface area contributed by atoms with Gasteiger partial charge in [-0.15, -0.1) is 0 Å². The van der Waals surface area contributed by atoms with Crippen LogP contribution in [0.2, 0.25) is 5.02 Å². The summed E-state index contributed by atoms with van der Waals surface area (Å²) in [7, 11) is 3.09. The molecule has 0 radical (unpaired) electrons. The van der Waals surface area contributed by atoms with Crippen molar-refractivity contribution in [2.45, 2.75) is 42.4 Å². The molecular formula is C23H28ClN7O5S. The third kappa shape index (κ3) is 5.77. The van der Waals surface area contributed by atoms with E-state index in [1.807, 2.05) is 4.57 Å². The first-order valence-corrected chi connectivity index (χ1v) is 12.8. The Hall–Kier alpha value is -3.45. The fourth-order valence-electron chi connectivity index (χ4n) is 4.36. The highest BCUT2D eigenvalue weighted by Crippen LogP contribution is 2.42. The number of nitrogens with zero attached hydrogens (tertiary/aromatic N) is 5. The van der Waals surface area contributed by atoms with E-state index in [9.17, 15) is 9.59 Å². The number of halogens is 1. The molecular weight excluding hydrogens is 522 g/mol. The standard InChI is InChI=1S/C23H28ClN7O5S/c1-12(28-23(33)34)21(32)30-6-4-5-13(9-30)10-31-20-18(19(25)26-11-27-20)29-22(31)37-16-8-14(35-2)7-15(36-3)17(16)24/h7-8,11-13,28H,4-6,9-10H2,1-3H3,(H,33,34)(H2,25,26,27)/t12-,13?/m0/s1. The number of carbonyl (C=O) groups excluding carboxylic acids is 1. The highest BCUT2D eigenvalue weighted by atomic mass is 35.5. The van der Waals surface area contributed by atoms with E-state index in [2.05, 4.69) is 15.3 Å². The Balaban J connectivity index is 1.65. The number of rotatable bonds is 8. The van der Waals surface area contributed by atoms with E-state index in [1.165, 1.54) is 25.2 Å². The molecule has 1 aliphatic heterocycles. The maximum atomic E-state index is 12.8. The minimum absolute atomic E-state index is 0.0815. The zero-order chi connectivity index (χ0) is 26.7. The maximum absolute atomic E-state index is 12.8. The lowest BCUT2D eigenvalue weighted by molar-refractivity contribution is -0.134. The molecule has 198 valence electrons. The number of benzene rings is 1. The number of methoxy groups -OCH3 is 2. The van der Waals surface area contributed by atoms with Crippen LogP contribution < -0.4 is 20.5 Å². The number of fused-ring (bicyclic) bond motifs is 1. The van der Waals surface area contributed by atoms with Gasteiger partial charge < -0.3 is 35.1 Å². The lowest BCUT2D eigenvalue weighted by atomic mass is 9.97. The molecule has 2 atom stereocenters. The van der Waals surface area contributed by atoms with Crippen molar-refractivity contribution in [3.8, 4) is 11.5 Å². The topological polar surface area (TPSA) is 158 Å². The van der Waals surface area contributed by atoms with E-state index >= 15 is 0 Å². The van der Waals surface area contributed by atoms with E-state index in [4.69, 9.17) is 36.9 Å². The number of imidazole rings is 1. The van der Waals surface area contributed by atoms with E-state index in [0.717, 1.165) is 12.8 Å². The predicted molar refractivity (Wildman–Crippen MR) is 138 cm³/mol. The summed E-state index contributed by atoms with van der Waals surface area (Å²) < 4.78 is 12.8. The van der Waals surface area contributed by atoms with Crippen LogP contribution >= 0.6 is 23.4 Å². The molecule has 14 heteroatoms. The molecule has 1 fully saturated rings. The predicted octanol–water partition coefficient (Wildman–Crippen LogP) is 3.13. The largest absolute Gasteiger partial charge is 0.497 e. The van der Waals surface area contributed by atoms with Crippen LogP contribution in [0.3, 0.4) is 0 Å². The molecule has 4 rings (SSSR count). The smallest absolute Gasteiger partial charge is 0.405 e. The lowest BCUT2D eigenvalue weighted by Crippen LogP contribution is -2.50. The minimum Gasteiger partial charge on any atom is -0.497 e. The van der Waals surface area contributed by atoms with Crippen LogP contribution in [0.25, 0.3) is 11.2 Å². The molecule has 12 nitrogen and oxygen atoms in total. The van der Waals surface area contributed by atoms with Gasteiger partial charge in [-0.3, -0.25) is 4.79 Å². The van der Waals surface area contributed by atoms with Gasteiger partial charge in [-0.05, 0) is 43.5 Å². The van der Waals surface area contributed by atoms with Crippen LogP contribution in [0.15, 0.2) is 28.5 Å². The number of likely N-dealkylation sites (tertiary alicyclic amines) is 1. The Bertz CT molecular complexity index is 1320. The summed E-state index contributed by atoms with van der Waals surface area (Å²) in [6, 6.07) is 2.67. The van der Waals surface area contributed by atoms with Crippen molar-refractivity contribution in [3.05, 3.63) is 23.5 Å². The molecule has 3 aromatic rings. The summed E-state index contributed by atoms with van der Waals surface area (Å²) in [5.74, 6) is 1.14. The third-order valence-electron chi connectivity index (χ3n) is 6.14. The number of ether oxygens (including phenoxy) is 2. The lowest BCUT2D eigenvalue weighted by Gasteiger charge is -2.34. The number of hydrogen-bond donors (Lipinski definition) is 3. The van der Waals surface area contributed by atoms with Gasteiger partial charge in [0, 0.05) is 30.6 Å². The number of anilines is 1. The van der Waals surface area contributed by atoms with Gasteiger partial charge in [-0.1, -0.05) is 11.6 Å². The number of nitrogen functional groups attached to an aromatic ring is 1. The first-order valence-electron chi connectivity index (χ1n) is 11.6. The molecule has 4 N–H and O–H groups in total. The van der Waals surface area contributed by atoms with Gasteiger partial charge in [0.1, 0.15) is 23.9 Å². The summed E-state index contributed by atoms with van der Waals surface area (Å²) in [4.78, 5) is 39.4. The maximum Gasteiger partial charge on any atom is 0.405 e. The number of hydrogen-bond acceptors (Lipinski definition) is 9. The van der Waals surface area contributed by atoms with Gasteiger partial charge >= 0.3 is 6.09 Å². The Morgan fingerprint density at radius 2 is 2.11 bits per heavy atom. The van der Waals surface area contributed by atoms with Crippen molar-refractivity contribution in [2.75, 3.05) is 33.0 Å². The zero-order valence-electron chi connectivity index (χ0n) is 20.6. The Kier molecular flexibility index (Phi) is 8.13. The van der Waals surface area contributed by atoms with Crippen LogP contribution in [-0.2, 0) is 11.3 Å². The van der Waals surface area contributed by atoms with Gasteiger partial charge in [-0.25, -0.2) is 19.7 Å². The summed E-state index contributed by atoms with van der Waals surface area (Å²) in [5, 5.41) is 12.2. The molecule has 0 bridgehead atoms. The average Bonchev–Trinajstić information content (AvgIpc) is 3.22. The van der Waals surface area contributed by atoms with Crippen LogP contribution in [0.4, 0.5) is 10.6 Å². The number of aromatic nitrogens is 4. The number of carbonyl (C=O) groups is 2. The molecule has 37 heavy (non-hydrogen) atoms. The molecule has 3 heterocycles. The van der Waals surface area contributed by atoms with E-state index in [-0.39, 0.29) is 17.6 Å². The molecule has 2 aromatic heterocycles. The Labute approximate surface area is 222 Å². The molecule has 0 aliphatic carbocycles. The highest BCUT2D eigenvalue weighted by Gasteiger charge is 2.29. The number of amides is 2. The fourth-order valence-corrected chi connectivity index (χ4v) is 5.63. The molecule has 2 amide bonds. The second kappa shape index (κ2) is 11.3. The molecule has 0 saturated carbocycles. The second-order valence-corrected chi connectivity index (χ2v) is 10.0. The normalized spacial score (nSPS) is 16.4. The summed E-state index contributed by atoms with van der Waals surface area (Å²) >= 11 is 7.92. The zero-order valence-corrected chi connectivity index (χ0v) is 22.2. The van der Waals surface area contributed by atoms with Crippen molar-refractivity contribution >= 4 is 52.3 Å². The van der Waals surface area contributed by atoms with Gasteiger partial charge in [0.2, 0.25) is 5.91 Å². The summed E-state index contributed by atoms with van der Waals surface area (Å²) in [6.45, 7) is 3.10. The minimum atomic E-state index is -1.23. The fraction of sp³-hybridized carbons (Fsp3) is 0.435. The molecule has 1 unspecified atom stereocenters. The van der Waals surface area contributed by atoms with Crippen molar-refractivity contribution in [2.24, 2.45) is 5.92 Å². The summed E-state index contributed by atoms with van der Waals surface area (Å²) in [6.07, 6.45) is 1.83. The van der Waals surface area contributed by atoms with Crippen molar-refractivity contribution in [3.63, 3.8) is 0 Å². The second-order valence-electron chi connectivity index (χ2n) is 8.64. The first kappa shape index (κ1) is 26.6. The number of piperidine rings is 1. The van der Waals surface area contributed by atoms with Crippen molar-refractivity contribution in [1.29, 1.82) is 0 Å². The first-order chi connectivity index (χ1) is 17.7. The highest BCUT2D eigenvalue weighted by molar-refractivity contribution is 7.99. The quantitative estimate of drug-likeness (QED) is 0.381. The third-order valence-corrected chi connectivity index (χ3v) is 7.68. The van der Waals surface area contributed by atoms with Gasteiger partial charge in [0.05, 0.1) is 19.2 Å².